The van der Waals surface area contributed by atoms with E-state index >= 15 is 4.39 Å². The number of carbonyl (C=O) groups excluding carboxylic acids is 2. The molecule has 9 heteroatoms. The largest absolute Gasteiger partial charge is 0.381 e. The van der Waals surface area contributed by atoms with Gasteiger partial charge in [0.05, 0.1) is 23.2 Å². The molecule has 0 aliphatic carbocycles. The number of halogens is 3. The highest BCUT2D eigenvalue weighted by molar-refractivity contribution is 6.31. The number of rotatable bonds is 6. The van der Waals surface area contributed by atoms with Crippen LogP contribution in [0.15, 0.2) is 54.6 Å². The first kappa shape index (κ1) is 29.0. The van der Waals surface area contributed by atoms with Gasteiger partial charge in [0.15, 0.2) is 0 Å². The van der Waals surface area contributed by atoms with Gasteiger partial charge in [-0.3, -0.25) is 9.59 Å². The molecule has 0 aromatic heterocycles. The van der Waals surface area contributed by atoms with Gasteiger partial charge in [-0.15, -0.1) is 0 Å². The number of likely N-dealkylation sites (tertiary alicyclic amines) is 1. The highest BCUT2D eigenvalue weighted by atomic mass is 35.5. The Morgan fingerprint density at radius 1 is 0.951 bits per heavy atom. The van der Waals surface area contributed by atoms with Crippen molar-refractivity contribution in [3.8, 4) is 0 Å². The number of amides is 2. The van der Waals surface area contributed by atoms with E-state index in [-0.39, 0.29) is 17.5 Å². The fraction of sp³-hybridized carbons (Fsp3) is 0.375. The average molecular weight is 582 g/mol. The van der Waals surface area contributed by atoms with Gasteiger partial charge < -0.3 is 20.3 Å². The van der Waals surface area contributed by atoms with Gasteiger partial charge in [-0.1, -0.05) is 35.9 Å². The van der Waals surface area contributed by atoms with Gasteiger partial charge >= 0.3 is 0 Å². The summed E-state index contributed by atoms with van der Waals surface area (Å²) in [5.41, 5.74) is 2.69. The van der Waals surface area contributed by atoms with Crippen molar-refractivity contribution in [2.24, 2.45) is 5.92 Å². The molecule has 2 amide bonds. The van der Waals surface area contributed by atoms with E-state index in [1.165, 1.54) is 17.0 Å². The molecular weight excluding hydrogens is 548 g/mol. The van der Waals surface area contributed by atoms with Crippen LogP contribution < -0.4 is 10.6 Å². The van der Waals surface area contributed by atoms with Crippen molar-refractivity contribution in [1.82, 2.24) is 4.90 Å². The minimum absolute atomic E-state index is 0.0397. The van der Waals surface area contributed by atoms with Gasteiger partial charge in [-0.05, 0) is 86.6 Å². The quantitative estimate of drug-likeness (QED) is 0.327. The Kier molecular flexibility index (Phi) is 8.90. The number of ether oxygens (including phenoxy) is 1. The topological polar surface area (TPSA) is 70.7 Å². The first-order chi connectivity index (χ1) is 19.7. The monoisotopic (exact) mass is 581 g/mol. The molecule has 0 bridgehead atoms. The van der Waals surface area contributed by atoms with E-state index < -0.39 is 29.5 Å². The van der Waals surface area contributed by atoms with Crippen molar-refractivity contribution in [2.45, 2.75) is 51.6 Å². The van der Waals surface area contributed by atoms with Gasteiger partial charge in [0.1, 0.15) is 11.6 Å². The molecule has 2 saturated heterocycles. The number of hydrogen-bond donors (Lipinski definition) is 2. The Morgan fingerprint density at radius 2 is 1.73 bits per heavy atom. The Balaban J connectivity index is 1.49. The maximum absolute atomic E-state index is 15.5. The number of nitrogens with zero attached hydrogens (tertiary/aromatic N) is 1. The van der Waals surface area contributed by atoms with Gasteiger partial charge in [0.2, 0.25) is 5.91 Å². The lowest BCUT2D eigenvalue weighted by Crippen LogP contribution is -2.46. The number of hydrogen-bond acceptors (Lipinski definition) is 4. The third-order valence-electron chi connectivity index (χ3n) is 8.02. The fourth-order valence-corrected chi connectivity index (χ4v) is 5.94. The van der Waals surface area contributed by atoms with Crippen LogP contribution in [0.2, 0.25) is 5.02 Å². The number of aryl methyl sites for hydroxylation is 2. The molecule has 6 nitrogen and oxygen atoms in total. The third-order valence-corrected chi connectivity index (χ3v) is 8.43. The predicted molar refractivity (Wildman–Crippen MR) is 156 cm³/mol. The minimum Gasteiger partial charge on any atom is -0.381 e. The molecule has 2 fully saturated rings. The van der Waals surface area contributed by atoms with Crippen LogP contribution in [0.4, 0.5) is 20.2 Å². The predicted octanol–water partition coefficient (Wildman–Crippen LogP) is 7.06. The van der Waals surface area contributed by atoms with Crippen molar-refractivity contribution in [2.75, 3.05) is 30.4 Å². The van der Waals surface area contributed by atoms with Crippen LogP contribution in [-0.2, 0) is 9.53 Å². The van der Waals surface area contributed by atoms with Crippen LogP contribution in [0.1, 0.15) is 58.8 Å². The van der Waals surface area contributed by atoms with E-state index in [0.717, 1.165) is 18.4 Å². The van der Waals surface area contributed by atoms with Crippen molar-refractivity contribution in [3.05, 3.63) is 93.5 Å². The van der Waals surface area contributed by atoms with Crippen LogP contribution in [-0.4, -0.2) is 42.5 Å². The third kappa shape index (κ3) is 6.39. The zero-order chi connectivity index (χ0) is 29.1. The van der Waals surface area contributed by atoms with E-state index in [0.29, 0.717) is 60.1 Å². The minimum atomic E-state index is -0.803. The Bertz CT molecular complexity index is 1420. The zero-order valence-corrected chi connectivity index (χ0v) is 23.9. The van der Waals surface area contributed by atoms with E-state index in [1.54, 1.807) is 43.3 Å². The summed E-state index contributed by atoms with van der Waals surface area (Å²) in [6.45, 7) is 5.09. The lowest BCUT2D eigenvalue weighted by Gasteiger charge is -2.41. The number of carbonyl (C=O) groups is 2. The van der Waals surface area contributed by atoms with Crippen molar-refractivity contribution in [3.63, 3.8) is 0 Å². The Hall–Kier alpha value is -3.49. The molecule has 3 aromatic carbocycles. The van der Waals surface area contributed by atoms with Gasteiger partial charge in [-0.2, -0.15) is 0 Å². The van der Waals surface area contributed by atoms with Crippen LogP contribution in [0.3, 0.4) is 0 Å². The van der Waals surface area contributed by atoms with E-state index in [9.17, 15) is 14.0 Å². The highest BCUT2D eigenvalue weighted by Crippen LogP contribution is 2.39. The molecule has 0 radical (unpaired) electrons. The zero-order valence-electron chi connectivity index (χ0n) is 23.2. The van der Waals surface area contributed by atoms with Crippen LogP contribution in [0.25, 0.3) is 0 Å². The second kappa shape index (κ2) is 12.6. The lowest BCUT2D eigenvalue weighted by atomic mass is 9.83. The summed E-state index contributed by atoms with van der Waals surface area (Å²) in [6.07, 6.45) is 2.56. The summed E-state index contributed by atoms with van der Waals surface area (Å²) >= 11 is 6.28. The molecule has 0 saturated carbocycles. The van der Waals surface area contributed by atoms with Crippen molar-refractivity contribution >= 4 is 34.8 Å². The second-order valence-corrected chi connectivity index (χ2v) is 11.3. The summed E-state index contributed by atoms with van der Waals surface area (Å²) in [7, 11) is 0. The van der Waals surface area contributed by atoms with Gasteiger partial charge in [0.25, 0.3) is 5.91 Å². The van der Waals surface area contributed by atoms with E-state index in [2.05, 4.69) is 10.6 Å². The molecule has 0 unspecified atom stereocenters. The smallest absolute Gasteiger partial charge is 0.257 e. The number of anilines is 2. The van der Waals surface area contributed by atoms with E-state index in [4.69, 9.17) is 16.3 Å². The molecule has 2 heterocycles. The molecule has 2 atom stereocenters. The number of piperidine rings is 1. The van der Waals surface area contributed by atoms with Crippen LogP contribution >= 0.6 is 11.6 Å². The summed E-state index contributed by atoms with van der Waals surface area (Å²) < 4.78 is 35.8. The number of benzene rings is 3. The second-order valence-electron chi connectivity index (χ2n) is 10.8. The maximum atomic E-state index is 15.5. The molecule has 216 valence electrons. The van der Waals surface area contributed by atoms with Crippen LogP contribution in [0, 0.1) is 31.4 Å². The van der Waals surface area contributed by atoms with Gasteiger partial charge in [0, 0.05) is 36.5 Å². The maximum Gasteiger partial charge on any atom is 0.257 e. The molecule has 3 aromatic rings. The normalized spacial score (nSPS) is 19.6. The molecule has 2 N–H and O–H groups in total. The molecule has 5 rings (SSSR count). The van der Waals surface area contributed by atoms with Crippen molar-refractivity contribution in [1.29, 1.82) is 0 Å². The summed E-state index contributed by atoms with van der Waals surface area (Å²) in [5, 5.41) is 6.70. The molecular formula is C32H34ClF2N3O3. The summed E-state index contributed by atoms with van der Waals surface area (Å²) in [6, 6.07) is 13.8. The summed E-state index contributed by atoms with van der Waals surface area (Å²) in [5.74, 6) is -2.64. The average Bonchev–Trinajstić information content (AvgIpc) is 2.96. The SMILES string of the molecule is Cc1ccc(NC(=O)[C@H]2CCCN(C(=O)c3c(C)cccc3F)[C@H]2c2ccc(NC3CCOCC3)c(F)c2)cc1Cl. The van der Waals surface area contributed by atoms with Gasteiger partial charge in [-0.25, -0.2) is 8.78 Å². The van der Waals surface area contributed by atoms with E-state index in [1.807, 2.05) is 13.0 Å². The Morgan fingerprint density at radius 3 is 2.44 bits per heavy atom. The first-order valence-corrected chi connectivity index (χ1v) is 14.4. The highest BCUT2D eigenvalue weighted by Gasteiger charge is 2.41. The summed E-state index contributed by atoms with van der Waals surface area (Å²) in [4.78, 5) is 29.1. The van der Waals surface area contributed by atoms with Crippen LogP contribution in [0.5, 0.6) is 0 Å². The number of nitrogens with one attached hydrogen (secondary N) is 2. The van der Waals surface area contributed by atoms with Crippen molar-refractivity contribution < 1.29 is 23.1 Å². The molecule has 41 heavy (non-hydrogen) atoms. The standard InChI is InChI=1S/C32H34ClF2N3O3/c1-19-8-10-23(18-25(19)33)37-31(39)24-6-4-14-38(32(40)29-20(2)5-3-7-26(29)34)30(24)21-9-11-28(27(35)17-21)36-22-12-15-41-16-13-22/h3,5,7-11,17-18,22,24,30,36H,4,6,12-16H2,1-2H3,(H,37,39)/t24-,30-/m0/s1. The molecule has 2 aliphatic rings. The molecule has 0 spiro atoms. The first-order valence-electron chi connectivity index (χ1n) is 14.0. The lowest BCUT2D eigenvalue weighted by molar-refractivity contribution is -0.123. The Labute approximate surface area is 244 Å². The fourth-order valence-electron chi connectivity index (χ4n) is 5.76. The molecule has 2 aliphatic heterocycles.